The molecule has 2 aromatic carbocycles. The zero-order valence-electron chi connectivity index (χ0n) is 24.0. The molecule has 1 saturated heterocycles. The molecule has 1 aliphatic rings. The zero-order chi connectivity index (χ0) is 32.2. The minimum atomic E-state index is -3.47. The summed E-state index contributed by atoms with van der Waals surface area (Å²) in [5, 5.41) is 35.5. The van der Waals surface area contributed by atoms with Crippen LogP contribution in [0.5, 0.6) is 0 Å². The molecule has 0 saturated carbocycles. The van der Waals surface area contributed by atoms with E-state index in [-0.39, 0.29) is 47.1 Å². The Labute approximate surface area is 260 Å². The van der Waals surface area contributed by atoms with E-state index >= 15 is 8.78 Å². The molecule has 43 heavy (non-hydrogen) atoms. The first-order chi connectivity index (χ1) is 20.1. The van der Waals surface area contributed by atoms with Gasteiger partial charge in [-0.15, -0.1) is 0 Å². The minimum Gasteiger partial charge on any atom is -0.394 e. The molecule has 4 unspecified atom stereocenters. The van der Waals surface area contributed by atoms with Crippen LogP contribution in [0.4, 0.5) is 8.78 Å². The number of nitrogens with one attached hydrogen (secondary N) is 3. The van der Waals surface area contributed by atoms with Crippen LogP contribution in [-0.2, 0) is 20.2 Å². The Kier molecular flexibility index (Phi) is 11.6. The molecule has 5 atom stereocenters. The van der Waals surface area contributed by atoms with Crippen LogP contribution in [0.3, 0.4) is 0 Å². The second-order valence-electron chi connectivity index (χ2n) is 11.6. The van der Waals surface area contributed by atoms with Crippen molar-refractivity contribution >= 4 is 39.1 Å². The molecule has 236 valence electrons. The monoisotopic (exact) mass is 660 g/mol. The Morgan fingerprint density at radius 3 is 2.53 bits per heavy atom. The van der Waals surface area contributed by atoms with Crippen molar-refractivity contribution in [2.75, 3.05) is 26.0 Å². The van der Waals surface area contributed by atoms with Crippen LogP contribution in [0.1, 0.15) is 50.2 Å². The summed E-state index contributed by atoms with van der Waals surface area (Å²) in [7, 11) is -3.47. The second-order valence-corrected chi connectivity index (χ2v) is 14.3. The largest absolute Gasteiger partial charge is 0.394 e. The Morgan fingerprint density at radius 1 is 1.23 bits per heavy atom. The standard InChI is InChI=1S/C29H36Cl2F2N4O5S/c1-28(2,10-12-36-43(3,41)42)14-23-29(16-34,20-8-7-17(30)13-22(20)32)24(19-5-4-6-21(31)25(19)33)26(37-23)27(40)35-11-9-18(39)15-38/h4-8,13,18,23-24,26,36-39H,9-12,14-15H2,1-3H3,(H,35,40)/t18-,23?,24?,26?,29?/m0/s1. The third-order valence-electron chi connectivity index (χ3n) is 7.83. The highest BCUT2D eigenvalue weighted by Gasteiger charge is 2.61. The fraction of sp³-hybridized carbons (Fsp3) is 0.517. The quantitative estimate of drug-likeness (QED) is 0.221. The Balaban J connectivity index is 2.19. The summed E-state index contributed by atoms with van der Waals surface area (Å²) in [6.45, 7) is 3.24. The molecule has 1 fully saturated rings. The lowest BCUT2D eigenvalue weighted by molar-refractivity contribution is -0.123. The van der Waals surface area contributed by atoms with Gasteiger partial charge < -0.3 is 20.8 Å². The highest BCUT2D eigenvalue weighted by Crippen LogP contribution is 2.53. The van der Waals surface area contributed by atoms with E-state index in [9.17, 15) is 23.6 Å². The molecule has 0 bridgehead atoms. The summed E-state index contributed by atoms with van der Waals surface area (Å²) in [6.07, 6.45) is 0.474. The number of halogens is 4. The van der Waals surface area contributed by atoms with E-state index in [1.807, 2.05) is 13.8 Å². The van der Waals surface area contributed by atoms with E-state index in [2.05, 4.69) is 21.4 Å². The van der Waals surface area contributed by atoms with Crippen molar-refractivity contribution in [2.45, 2.75) is 62.6 Å². The van der Waals surface area contributed by atoms with Crippen LogP contribution in [-0.4, -0.2) is 68.7 Å². The van der Waals surface area contributed by atoms with Gasteiger partial charge in [-0.1, -0.05) is 55.2 Å². The van der Waals surface area contributed by atoms with Gasteiger partial charge in [0, 0.05) is 35.6 Å². The predicted molar refractivity (Wildman–Crippen MR) is 160 cm³/mol. The number of nitriles is 1. The van der Waals surface area contributed by atoms with Crippen LogP contribution < -0.4 is 15.4 Å². The average molecular weight is 662 g/mol. The van der Waals surface area contributed by atoms with E-state index in [0.717, 1.165) is 12.3 Å². The normalized spacial score (nSPS) is 23.1. The molecular weight excluding hydrogens is 625 g/mol. The number of rotatable bonds is 13. The maximum absolute atomic E-state index is 15.8. The van der Waals surface area contributed by atoms with Gasteiger partial charge in [-0.25, -0.2) is 21.9 Å². The summed E-state index contributed by atoms with van der Waals surface area (Å²) < 4.78 is 57.3. The van der Waals surface area contributed by atoms with E-state index in [0.29, 0.717) is 6.42 Å². The molecule has 0 radical (unpaired) electrons. The molecule has 1 amide bonds. The molecule has 14 heteroatoms. The van der Waals surface area contributed by atoms with Crippen molar-refractivity contribution in [1.82, 2.24) is 15.4 Å². The number of nitrogens with zero attached hydrogens (tertiary/aromatic N) is 1. The first-order valence-electron chi connectivity index (χ1n) is 13.6. The van der Waals surface area contributed by atoms with E-state index in [1.54, 1.807) is 0 Å². The maximum atomic E-state index is 15.8. The lowest BCUT2D eigenvalue weighted by Crippen LogP contribution is -2.46. The number of carbonyl (C=O) groups excluding carboxylic acids is 1. The second kappa shape index (κ2) is 14.2. The van der Waals surface area contributed by atoms with Crippen LogP contribution in [0, 0.1) is 28.4 Å². The maximum Gasteiger partial charge on any atom is 0.237 e. The van der Waals surface area contributed by atoms with Crippen LogP contribution in [0.2, 0.25) is 10.0 Å². The third kappa shape index (κ3) is 8.22. The molecule has 1 aliphatic heterocycles. The minimum absolute atomic E-state index is 0.0319. The molecule has 0 spiro atoms. The smallest absolute Gasteiger partial charge is 0.237 e. The molecule has 0 aromatic heterocycles. The number of aliphatic hydroxyl groups is 2. The number of benzene rings is 2. The lowest BCUT2D eigenvalue weighted by Gasteiger charge is -2.38. The topological polar surface area (TPSA) is 152 Å². The fourth-order valence-corrected chi connectivity index (χ4v) is 6.55. The van der Waals surface area contributed by atoms with Gasteiger partial charge in [0.2, 0.25) is 15.9 Å². The van der Waals surface area contributed by atoms with Crippen molar-refractivity contribution in [3.8, 4) is 6.07 Å². The van der Waals surface area contributed by atoms with Gasteiger partial charge in [0.15, 0.2) is 0 Å². The molecule has 5 N–H and O–H groups in total. The van der Waals surface area contributed by atoms with E-state index < -0.39 is 69.1 Å². The van der Waals surface area contributed by atoms with E-state index in [1.165, 1.54) is 30.3 Å². The SMILES string of the molecule is CC(C)(CCNS(C)(=O)=O)CC1NC(C(=O)NCC[C@H](O)CO)C(c2cccc(Cl)c2F)C1(C#N)c1ccc(Cl)cc1F. The molecule has 1 heterocycles. The molecule has 9 nitrogen and oxygen atoms in total. The Hall–Kier alpha value is -2.37. The Morgan fingerprint density at radius 2 is 1.93 bits per heavy atom. The molecular formula is C29H36Cl2F2N4O5S. The number of amides is 1. The van der Waals surface area contributed by atoms with Gasteiger partial charge in [-0.05, 0) is 48.4 Å². The van der Waals surface area contributed by atoms with Crippen molar-refractivity contribution < 1.29 is 32.2 Å². The fourth-order valence-electron chi connectivity index (χ4n) is 5.74. The molecule has 3 rings (SSSR count). The van der Waals surface area contributed by atoms with E-state index in [4.69, 9.17) is 28.3 Å². The molecule has 0 aliphatic carbocycles. The van der Waals surface area contributed by atoms with Crippen LogP contribution >= 0.6 is 23.2 Å². The highest BCUT2D eigenvalue weighted by molar-refractivity contribution is 7.88. The summed E-state index contributed by atoms with van der Waals surface area (Å²) in [4.78, 5) is 13.7. The average Bonchev–Trinajstić information content (AvgIpc) is 3.22. The van der Waals surface area contributed by atoms with Gasteiger partial charge in [0.05, 0.1) is 36.1 Å². The lowest BCUT2D eigenvalue weighted by atomic mass is 9.62. The number of hydrogen-bond donors (Lipinski definition) is 5. The van der Waals surface area contributed by atoms with Crippen molar-refractivity contribution in [3.63, 3.8) is 0 Å². The summed E-state index contributed by atoms with van der Waals surface area (Å²) in [5.74, 6) is -3.61. The molecule has 2 aromatic rings. The number of sulfonamides is 1. The highest BCUT2D eigenvalue weighted by atomic mass is 35.5. The summed E-state index contributed by atoms with van der Waals surface area (Å²) in [6, 6.07) is 8.04. The van der Waals surface area contributed by atoms with Crippen molar-refractivity contribution in [3.05, 3.63) is 69.2 Å². The van der Waals surface area contributed by atoms with Gasteiger partial charge >= 0.3 is 0 Å². The van der Waals surface area contributed by atoms with Gasteiger partial charge in [0.1, 0.15) is 17.0 Å². The van der Waals surface area contributed by atoms with Gasteiger partial charge in [-0.3, -0.25) is 4.79 Å². The zero-order valence-corrected chi connectivity index (χ0v) is 26.3. The van der Waals surface area contributed by atoms with Crippen molar-refractivity contribution in [1.29, 1.82) is 5.26 Å². The van der Waals surface area contributed by atoms with Crippen LogP contribution in [0.15, 0.2) is 36.4 Å². The first-order valence-corrected chi connectivity index (χ1v) is 16.3. The summed E-state index contributed by atoms with van der Waals surface area (Å²) in [5.41, 5.74) is -2.70. The first kappa shape index (κ1) is 35.1. The summed E-state index contributed by atoms with van der Waals surface area (Å²) >= 11 is 12.2. The van der Waals surface area contributed by atoms with Gasteiger partial charge in [0.25, 0.3) is 0 Å². The number of carbonyl (C=O) groups is 1. The third-order valence-corrected chi connectivity index (χ3v) is 9.08. The van der Waals surface area contributed by atoms with Gasteiger partial charge in [-0.2, -0.15) is 5.26 Å². The van der Waals surface area contributed by atoms with Crippen LogP contribution in [0.25, 0.3) is 0 Å². The Bertz CT molecular complexity index is 1470. The predicted octanol–water partition coefficient (Wildman–Crippen LogP) is 3.37. The number of aliphatic hydroxyl groups excluding tert-OH is 2. The number of hydrogen-bond acceptors (Lipinski definition) is 7. The van der Waals surface area contributed by atoms with Crippen molar-refractivity contribution in [2.24, 2.45) is 5.41 Å².